The molecule has 0 fully saturated rings. The zero-order chi connectivity index (χ0) is 18.6. The number of aromatic nitrogens is 4. The van der Waals surface area contributed by atoms with Crippen molar-refractivity contribution in [3.63, 3.8) is 0 Å². The Hall–Kier alpha value is -1.89. The van der Waals surface area contributed by atoms with E-state index >= 15 is 0 Å². The van der Waals surface area contributed by atoms with E-state index in [9.17, 15) is 9.59 Å². The lowest BCUT2D eigenvalue weighted by atomic mass is 10.2. The lowest BCUT2D eigenvalue weighted by molar-refractivity contribution is 0.233. The second kappa shape index (κ2) is 8.47. The fourth-order valence-corrected chi connectivity index (χ4v) is 3.50. The van der Waals surface area contributed by atoms with Gasteiger partial charge < -0.3 is 9.47 Å². The van der Waals surface area contributed by atoms with Gasteiger partial charge in [-0.25, -0.2) is 9.78 Å². The van der Waals surface area contributed by atoms with Crippen LogP contribution in [0.2, 0.25) is 0 Å². The minimum Gasteiger partial charge on any atom is -0.325 e. The molecule has 7 heteroatoms. The first-order chi connectivity index (χ1) is 12.0. The Kier molecular flexibility index (Phi) is 6.58. The number of aryl methyl sites for hydroxylation is 2. The number of fused-ring (bicyclic) bond motifs is 1. The summed E-state index contributed by atoms with van der Waals surface area (Å²) in [5.41, 5.74) is 0.515. The first-order valence-electron chi connectivity index (χ1n) is 9.42. The van der Waals surface area contributed by atoms with E-state index in [1.807, 2.05) is 25.3 Å². The average molecular weight is 349 g/mol. The fourth-order valence-electron chi connectivity index (χ4n) is 3.50. The third kappa shape index (κ3) is 3.71. The normalized spacial score (nSPS) is 13.0. The van der Waals surface area contributed by atoms with Crippen LogP contribution in [0.15, 0.2) is 15.9 Å². The van der Waals surface area contributed by atoms with Crippen LogP contribution in [0, 0.1) is 0 Å². The van der Waals surface area contributed by atoms with E-state index in [0.717, 1.165) is 25.9 Å². The Morgan fingerprint density at radius 3 is 2.24 bits per heavy atom. The van der Waals surface area contributed by atoms with Gasteiger partial charge in [-0.1, -0.05) is 13.8 Å². The molecule has 140 valence electrons. The smallest absolute Gasteiger partial charge is 0.325 e. The van der Waals surface area contributed by atoms with Crippen molar-refractivity contribution in [2.45, 2.75) is 66.6 Å². The van der Waals surface area contributed by atoms with E-state index in [1.54, 1.807) is 10.9 Å². The Balaban J connectivity index is 2.56. The molecule has 0 aliphatic heterocycles. The highest BCUT2D eigenvalue weighted by molar-refractivity contribution is 5.70. The molecule has 0 bridgehead atoms. The number of imidazole rings is 1. The number of hydrogen-bond donors (Lipinski definition) is 0. The van der Waals surface area contributed by atoms with Crippen LogP contribution in [0.3, 0.4) is 0 Å². The van der Waals surface area contributed by atoms with E-state index in [-0.39, 0.29) is 17.3 Å². The molecule has 0 saturated heterocycles. The summed E-state index contributed by atoms with van der Waals surface area (Å²) in [7, 11) is 0. The van der Waals surface area contributed by atoms with Crippen LogP contribution in [0.4, 0.5) is 0 Å². The maximum absolute atomic E-state index is 13.1. The molecule has 0 amide bonds. The molecule has 0 saturated carbocycles. The van der Waals surface area contributed by atoms with Gasteiger partial charge in [-0.3, -0.25) is 13.9 Å². The van der Waals surface area contributed by atoms with Gasteiger partial charge >= 0.3 is 5.69 Å². The molecule has 2 heterocycles. The predicted molar refractivity (Wildman–Crippen MR) is 101 cm³/mol. The second-order valence-corrected chi connectivity index (χ2v) is 6.55. The number of rotatable bonds is 9. The summed E-state index contributed by atoms with van der Waals surface area (Å²) in [6, 6.07) is -0.180. The minimum atomic E-state index is -0.262. The first-order valence-corrected chi connectivity index (χ1v) is 9.42. The molecule has 25 heavy (non-hydrogen) atoms. The van der Waals surface area contributed by atoms with Crippen molar-refractivity contribution in [3.05, 3.63) is 27.2 Å². The van der Waals surface area contributed by atoms with Crippen LogP contribution < -0.4 is 11.2 Å². The molecule has 0 aliphatic rings. The lowest BCUT2D eigenvalue weighted by Crippen LogP contribution is -2.45. The second-order valence-electron chi connectivity index (χ2n) is 6.55. The van der Waals surface area contributed by atoms with Crippen molar-refractivity contribution in [2.24, 2.45) is 0 Å². The van der Waals surface area contributed by atoms with Gasteiger partial charge in [0.2, 0.25) is 0 Å². The van der Waals surface area contributed by atoms with Crippen LogP contribution in [-0.4, -0.2) is 43.2 Å². The Labute approximate surface area is 148 Å². The maximum Gasteiger partial charge on any atom is 0.333 e. The van der Waals surface area contributed by atoms with Gasteiger partial charge in [0.25, 0.3) is 5.56 Å². The van der Waals surface area contributed by atoms with E-state index < -0.39 is 0 Å². The standard InChI is InChI=1S/C18H31N5O2/c1-6-10-20(11-7-2)12-14(5)23-17(24)15-16(19-13-21(15)8-3)22(9-4)18(23)25/h13-14H,6-12H2,1-5H3. The van der Waals surface area contributed by atoms with E-state index in [4.69, 9.17) is 0 Å². The number of hydrogen-bond acceptors (Lipinski definition) is 4. The Morgan fingerprint density at radius 1 is 1.08 bits per heavy atom. The van der Waals surface area contributed by atoms with Crippen LogP contribution in [-0.2, 0) is 13.1 Å². The largest absolute Gasteiger partial charge is 0.333 e. The highest BCUT2D eigenvalue weighted by Crippen LogP contribution is 2.10. The van der Waals surface area contributed by atoms with Crippen molar-refractivity contribution in [2.75, 3.05) is 19.6 Å². The first kappa shape index (κ1) is 19.4. The van der Waals surface area contributed by atoms with Crippen molar-refractivity contribution in [3.8, 4) is 0 Å². The maximum atomic E-state index is 13.1. The summed E-state index contributed by atoms with van der Waals surface area (Å²) in [5, 5.41) is 0. The van der Waals surface area contributed by atoms with Gasteiger partial charge in [0.15, 0.2) is 11.2 Å². The van der Waals surface area contributed by atoms with Gasteiger partial charge in [0.1, 0.15) is 0 Å². The molecule has 1 unspecified atom stereocenters. The average Bonchev–Trinajstić information content (AvgIpc) is 3.00. The molecular formula is C18H31N5O2. The molecule has 0 aliphatic carbocycles. The van der Waals surface area contributed by atoms with Crippen molar-refractivity contribution >= 4 is 11.2 Å². The van der Waals surface area contributed by atoms with E-state index in [1.165, 1.54) is 4.57 Å². The molecule has 2 aromatic rings. The summed E-state index contributed by atoms with van der Waals surface area (Å²) < 4.78 is 4.84. The number of nitrogens with zero attached hydrogens (tertiary/aromatic N) is 5. The van der Waals surface area contributed by atoms with Crippen LogP contribution in [0.5, 0.6) is 0 Å². The molecule has 0 radical (unpaired) electrons. The SMILES string of the molecule is CCCN(CCC)CC(C)n1c(=O)c2c(ncn2CC)n(CC)c1=O. The Morgan fingerprint density at radius 2 is 1.72 bits per heavy atom. The summed E-state index contributed by atoms with van der Waals surface area (Å²) in [5.74, 6) is 0. The molecule has 1 atom stereocenters. The summed E-state index contributed by atoms with van der Waals surface area (Å²) in [6.45, 7) is 13.9. The molecule has 0 N–H and O–H groups in total. The highest BCUT2D eigenvalue weighted by Gasteiger charge is 2.21. The zero-order valence-corrected chi connectivity index (χ0v) is 16.2. The Bertz CT molecular complexity index is 811. The predicted octanol–water partition coefficient (Wildman–Crippen LogP) is 2.08. The zero-order valence-electron chi connectivity index (χ0n) is 16.2. The van der Waals surface area contributed by atoms with Crippen molar-refractivity contribution in [1.82, 2.24) is 23.6 Å². The van der Waals surface area contributed by atoms with E-state index in [2.05, 4.69) is 23.7 Å². The van der Waals surface area contributed by atoms with Crippen LogP contribution in [0.1, 0.15) is 53.5 Å². The van der Waals surface area contributed by atoms with Gasteiger partial charge in [-0.05, 0) is 46.7 Å². The molecule has 2 aromatic heterocycles. The van der Waals surface area contributed by atoms with Gasteiger partial charge in [0.05, 0.1) is 12.4 Å². The monoisotopic (exact) mass is 349 g/mol. The van der Waals surface area contributed by atoms with E-state index in [0.29, 0.717) is 30.8 Å². The highest BCUT2D eigenvalue weighted by atomic mass is 16.2. The van der Waals surface area contributed by atoms with Gasteiger partial charge in [0, 0.05) is 19.6 Å². The lowest BCUT2D eigenvalue weighted by Gasteiger charge is -2.26. The third-order valence-electron chi connectivity index (χ3n) is 4.63. The molecule has 0 spiro atoms. The fraction of sp³-hybridized carbons (Fsp3) is 0.722. The molecule has 0 aromatic carbocycles. The molecular weight excluding hydrogens is 318 g/mol. The third-order valence-corrected chi connectivity index (χ3v) is 4.63. The summed E-state index contributed by atoms with van der Waals surface area (Å²) in [4.78, 5) is 32.6. The van der Waals surface area contributed by atoms with Gasteiger partial charge in [-0.2, -0.15) is 0 Å². The topological polar surface area (TPSA) is 65.1 Å². The van der Waals surface area contributed by atoms with Crippen molar-refractivity contribution < 1.29 is 0 Å². The summed E-state index contributed by atoms with van der Waals surface area (Å²) in [6.07, 6.45) is 3.76. The van der Waals surface area contributed by atoms with Crippen molar-refractivity contribution in [1.29, 1.82) is 0 Å². The van der Waals surface area contributed by atoms with Crippen LogP contribution in [0.25, 0.3) is 11.2 Å². The molecule has 7 nitrogen and oxygen atoms in total. The van der Waals surface area contributed by atoms with Gasteiger partial charge in [-0.15, -0.1) is 0 Å². The molecule has 2 rings (SSSR count). The summed E-state index contributed by atoms with van der Waals surface area (Å²) >= 11 is 0. The quantitative estimate of drug-likeness (QED) is 0.695. The van der Waals surface area contributed by atoms with Crippen LogP contribution >= 0.6 is 0 Å². The minimum absolute atomic E-state index is 0.180.